The molecule has 0 spiro atoms. The Labute approximate surface area is 257 Å². The van der Waals surface area contributed by atoms with Crippen molar-refractivity contribution < 1.29 is 18.7 Å². The summed E-state index contributed by atoms with van der Waals surface area (Å²) >= 11 is 6.13. The van der Waals surface area contributed by atoms with Crippen molar-refractivity contribution in [1.82, 2.24) is 15.1 Å². The molecule has 3 aromatic carbocycles. The molecule has 1 aliphatic carbocycles. The van der Waals surface area contributed by atoms with Crippen LogP contribution in [0, 0.1) is 12.7 Å². The summed E-state index contributed by atoms with van der Waals surface area (Å²) in [5.41, 5.74) is 6.24. The first-order valence-corrected chi connectivity index (χ1v) is 15.4. The summed E-state index contributed by atoms with van der Waals surface area (Å²) in [6.07, 6.45) is 3.32. The number of hydrogen-bond acceptors (Lipinski definition) is 4. The molecule has 0 aromatic heterocycles. The standard InChI is InChI=1S/C35H37ClFN3O3/c1-22-4-3-5-25(16-22)19-40(29-11-12-29)35(42)34-30(18-28-20-39(23(2)41)21-32(34)38-28)26-8-6-24(7-9-26)14-15-43-33-17-27(37)10-13-31(33)36/h3-10,13,16-17,28-29,32,38H,11-12,14-15,18-21H2,1-2H3/t28-,32-/m1/s1. The van der Waals surface area contributed by atoms with Crippen LogP contribution in [-0.2, 0) is 22.6 Å². The SMILES string of the molecule is CC(=O)N1C[C@H]2CC(c3ccc(CCOc4cc(F)ccc4Cl)cc3)=C(C(=O)N(Cc3cccc(C)c3)C3CC3)[C@@H](C1)N2. The minimum absolute atomic E-state index is 0.0386. The van der Waals surface area contributed by atoms with Crippen molar-refractivity contribution in [1.29, 1.82) is 0 Å². The second-order valence-corrected chi connectivity index (χ2v) is 12.4. The van der Waals surface area contributed by atoms with Crippen LogP contribution in [-0.4, -0.2) is 59.4 Å². The van der Waals surface area contributed by atoms with Crippen molar-refractivity contribution in [3.63, 3.8) is 0 Å². The van der Waals surface area contributed by atoms with E-state index in [0.29, 0.717) is 49.9 Å². The predicted octanol–water partition coefficient (Wildman–Crippen LogP) is 5.95. The van der Waals surface area contributed by atoms with Gasteiger partial charge in [-0.1, -0.05) is 65.7 Å². The number of halogens is 2. The van der Waals surface area contributed by atoms with Gasteiger partial charge in [0, 0.05) is 56.7 Å². The summed E-state index contributed by atoms with van der Waals surface area (Å²) in [5, 5.41) is 4.04. The van der Waals surface area contributed by atoms with Crippen molar-refractivity contribution in [2.75, 3.05) is 19.7 Å². The summed E-state index contributed by atoms with van der Waals surface area (Å²) in [6.45, 7) is 5.72. The van der Waals surface area contributed by atoms with Gasteiger partial charge in [-0.15, -0.1) is 0 Å². The molecule has 2 atom stereocenters. The molecule has 6 nitrogen and oxygen atoms in total. The number of amides is 2. The second kappa shape index (κ2) is 12.5. The number of carbonyl (C=O) groups is 2. The number of hydrogen-bond donors (Lipinski definition) is 1. The van der Waals surface area contributed by atoms with Crippen LogP contribution in [0.25, 0.3) is 5.57 Å². The first-order valence-electron chi connectivity index (χ1n) is 15.0. The number of fused-ring (bicyclic) bond motifs is 2. The van der Waals surface area contributed by atoms with Gasteiger partial charge in [-0.25, -0.2) is 4.39 Å². The molecule has 224 valence electrons. The second-order valence-electron chi connectivity index (χ2n) is 12.0. The summed E-state index contributed by atoms with van der Waals surface area (Å²) in [7, 11) is 0. The fourth-order valence-corrected chi connectivity index (χ4v) is 6.45. The fourth-order valence-electron chi connectivity index (χ4n) is 6.28. The van der Waals surface area contributed by atoms with Crippen LogP contribution < -0.4 is 10.1 Å². The van der Waals surface area contributed by atoms with Crippen LogP contribution in [0.1, 0.15) is 48.4 Å². The number of rotatable bonds is 9. The number of aryl methyl sites for hydroxylation is 1. The maximum atomic E-state index is 14.5. The van der Waals surface area contributed by atoms with Gasteiger partial charge in [-0.2, -0.15) is 0 Å². The van der Waals surface area contributed by atoms with E-state index in [1.54, 1.807) is 6.92 Å². The molecule has 6 rings (SSSR count). The number of ether oxygens (including phenoxy) is 1. The number of carbonyl (C=O) groups excluding carboxylic acids is 2. The third kappa shape index (κ3) is 6.78. The smallest absolute Gasteiger partial charge is 0.252 e. The maximum Gasteiger partial charge on any atom is 0.252 e. The topological polar surface area (TPSA) is 61.9 Å². The first kappa shape index (κ1) is 29.4. The van der Waals surface area contributed by atoms with Crippen molar-refractivity contribution in [2.24, 2.45) is 0 Å². The lowest BCUT2D eigenvalue weighted by Crippen LogP contribution is -2.61. The lowest BCUT2D eigenvalue weighted by molar-refractivity contribution is -0.132. The van der Waals surface area contributed by atoms with E-state index < -0.39 is 0 Å². The van der Waals surface area contributed by atoms with Gasteiger partial charge >= 0.3 is 0 Å². The third-order valence-electron chi connectivity index (χ3n) is 8.61. The highest BCUT2D eigenvalue weighted by atomic mass is 35.5. The quantitative estimate of drug-likeness (QED) is 0.329. The Balaban J connectivity index is 1.27. The lowest BCUT2D eigenvalue weighted by Gasteiger charge is -2.44. The average molecular weight is 602 g/mol. The van der Waals surface area contributed by atoms with E-state index in [1.807, 2.05) is 15.9 Å². The Morgan fingerprint density at radius 1 is 1.05 bits per heavy atom. The Kier molecular flexibility index (Phi) is 8.55. The van der Waals surface area contributed by atoms with Crippen molar-refractivity contribution in [2.45, 2.75) is 64.2 Å². The van der Waals surface area contributed by atoms with Crippen LogP contribution in [0.3, 0.4) is 0 Å². The van der Waals surface area contributed by atoms with Gasteiger partial charge in [0.25, 0.3) is 5.91 Å². The maximum absolute atomic E-state index is 14.5. The summed E-state index contributed by atoms with van der Waals surface area (Å²) in [5.74, 6) is 0.0412. The molecule has 3 aliphatic rings. The molecule has 8 heteroatoms. The Bertz CT molecular complexity index is 1550. The van der Waals surface area contributed by atoms with E-state index >= 15 is 0 Å². The Morgan fingerprint density at radius 3 is 2.56 bits per heavy atom. The highest BCUT2D eigenvalue weighted by molar-refractivity contribution is 6.32. The average Bonchev–Trinajstić information content (AvgIpc) is 3.83. The van der Waals surface area contributed by atoms with Gasteiger partial charge in [-0.05, 0) is 60.6 Å². The molecule has 1 saturated heterocycles. The van der Waals surface area contributed by atoms with Gasteiger partial charge < -0.3 is 19.9 Å². The minimum atomic E-state index is -0.389. The van der Waals surface area contributed by atoms with Crippen molar-refractivity contribution in [3.8, 4) is 5.75 Å². The highest BCUT2D eigenvalue weighted by Gasteiger charge is 2.43. The van der Waals surface area contributed by atoms with E-state index in [4.69, 9.17) is 16.3 Å². The van der Waals surface area contributed by atoms with Crippen LogP contribution in [0.5, 0.6) is 5.75 Å². The molecule has 0 unspecified atom stereocenters. The minimum Gasteiger partial charge on any atom is -0.492 e. The van der Waals surface area contributed by atoms with E-state index in [-0.39, 0.29) is 35.8 Å². The van der Waals surface area contributed by atoms with Crippen LogP contribution in [0.4, 0.5) is 4.39 Å². The van der Waals surface area contributed by atoms with Crippen LogP contribution >= 0.6 is 11.6 Å². The Morgan fingerprint density at radius 2 is 1.84 bits per heavy atom. The molecule has 3 aromatic rings. The van der Waals surface area contributed by atoms with Gasteiger partial charge in [0.05, 0.1) is 17.7 Å². The molecule has 2 amide bonds. The van der Waals surface area contributed by atoms with Crippen molar-refractivity contribution in [3.05, 3.63) is 105 Å². The molecule has 0 radical (unpaired) electrons. The molecular weight excluding hydrogens is 565 g/mol. The molecule has 1 N–H and O–H groups in total. The fraction of sp³-hybridized carbons (Fsp3) is 0.371. The normalized spacial score (nSPS) is 19.8. The van der Waals surface area contributed by atoms with Gasteiger partial charge in [0.15, 0.2) is 0 Å². The zero-order chi connectivity index (χ0) is 30.1. The molecule has 2 aliphatic heterocycles. The van der Waals surface area contributed by atoms with Gasteiger partial charge in [0.1, 0.15) is 11.6 Å². The van der Waals surface area contributed by atoms with Crippen LogP contribution in [0.2, 0.25) is 5.02 Å². The first-order chi connectivity index (χ1) is 20.7. The number of nitrogens with one attached hydrogen (secondary N) is 1. The zero-order valence-corrected chi connectivity index (χ0v) is 25.4. The lowest BCUT2D eigenvalue weighted by atomic mass is 9.82. The number of benzene rings is 3. The summed E-state index contributed by atoms with van der Waals surface area (Å²) < 4.78 is 19.3. The van der Waals surface area contributed by atoms with Gasteiger partial charge in [-0.3, -0.25) is 9.59 Å². The third-order valence-corrected chi connectivity index (χ3v) is 8.92. The number of piperazine rings is 1. The molecule has 1 saturated carbocycles. The molecule has 2 bridgehead atoms. The van der Waals surface area contributed by atoms with Gasteiger partial charge in [0.2, 0.25) is 5.91 Å². The molecular formula is C35H37ClFN3O3. The zero-order valence-electron chi connectivity index (χ0n) is 24.6. The molecule has 2 heterocycles. The van der Waals surface area contributed by atoms with E-state index in [1.165, 1.54) is 23.8 Å². The Hall–Kier alpha value is -3.68. The summed E-state index contributed by atoms with van der Waals surface area (Å²) in [4.78, 5) is 30.8. The van der Waals surface area contributed by atoms with E-state index in [2.05, 4.69) is 54.7 Å². The predicted molar refractivity (Wildman–Crippen MR) is 166 cm³/mol. The molecule has 43 heavy (non-hydrogen) atoms. The van der Waals surface area contributed by atoms with E-state index in [0.717, 1.165) is 40.7 Å². The van der Waals surface area contributed by atoms with Crippen molar-refractivity contribution >= 4 is 29.0 Å². The largest absolute Gasteiger partial charge is 0.492 e. The summed E-state index contributed by atoms with van der Waals surface area (Å²) in [6, 6.07) is 20.8. The number of nitrogens with zero attached hydrogens (tertiary/aromatic N) is 2. The van der Waals surface area contributed by atoms with E-state index in [9.17, 15) is 14.0 Å². The molecule has 2 fully saturated rings. The highest BCUT2D eigenvalue weighted by Crippen LogP contribution is 2.37. The van der Waals surface area contributed by atoms with Crippen LogP contribution in [0.15, 0.2) is 72.3 Å². The monoisotopic (exact) mass is 601 g/mol.